The molecule has 0 aromatic heterocycles. The molecule has 0 amide bonds. The molecule has 0 saturated carbocycles. The predicted molar refractivity (Wildman–Crippen MR) is 131 cm³/mol. The van der Waals surface area contributed by atoms with Crippen molar-refractivity contribution < 1.29 is 17.7 Å². The van der Waals surface area contributed by atoms with E-state index in [1.807, 2.05) is 49.0 Å². The quantitative estimate of drug-likeness (QED) is 0.390. The number of para-hydroxylation sites is 1. The number of ether oxygens (including phenoxy) is 1. The van der Waals surface area contributed by atoms with Crippen molar-refractivity contribution in [1.29, 1.82) is 0 Å². The van der Waals surface area contributed by atoms with Gasteiger partial charge in [0.15, 0.2) is 0 Å². The summed E-state index contributed by atoms with van der Waals surface area (Å²) in [6, 6.07) is 16.1. The van der Waals surface area contributed by atoms with Gasteiger partial charge in [-0.25, -0.2) is 0 Å². The Kier molecular flexibility index (Phi) is 9.10. The third kappa shape index (κ3) is 7.94. The maximum absolute atomic E-state index is 10.5. The van der Waals surface area contributed by atoms with Crippen molar-refractivity contribution in [3.05, 3.63) is 60.2 Å². The normalized spacial score (nSPS) is 17.1. The van der Waals surface area contributed by atoms with Gasteiger partial charge in [-0.3, -0.25) is 9.55 Å². The minimum atomic E-state index is -4.02. The molecular formula is C22H28N4O4S2. The molecule has 0 bridgehead atoms. The van der Waals surface area contributed by atoms with Crippen molar-refractivity contribution in [1.82, 2.24) is 4.90 Å². The Morgan fingerprint density at radius 3 is 2.41 bits per heavy atom. The number of guanidine groups is 1. The lowest BCUT2D eigenvalue weighted by Crippen LogP contribution is -2.44. The number of rotatable bonds is 2. The number of nitrogens with one attached hydrogen (secondary N) is 1. The number of anilines is 1. The zero-order valence-electron chi connectivity index (χ0n) is 18.0. The Labute approximate surface area is 193 Å². The fraction of sp³-hybridized carbons (Fsp3) is 0.364. The molecule has 32 heavy (non-hydrogen) atoms. The number of aliphatic imine (C=N–C) groups is 2. The van der Waals surface area contributed by atoms with Crippen LogP contribution in [0.25, 0.3) is 0 Å². The molecule has 8 nitrogen and oxygen atoms in total. The second-order valence-electron chi connectivity index (χ2n) is 7.16. The predicted octanol–water partition coefficient (Wildman–Crippen LogP) is 3.17. The summed E-state index contributed by atoms with van der Waals surface area (Å²) >= 11 is 1.89. The summed E-state index contributed by atoms with van der Waals surface area (Å²) in [5.74, 6) is 3.80. The Bertz CT molecular complexity index is 1020. The standard InChI is InChI=1S/C15H20N4OS.C7H8O3S/c1-2-4-13(5-3-1)17-15(19-7-9-20-10-8-19)18-14-12-21-11-6-16-14;1-6-2-4-7(5-3-6)11(8,9)10/h1-5H,6-12H2,(H,16,17,18);2-5H,1H3,(H,8,9,10). The van der Waals surface area contributed by atoms with Crippen LogP contribution in [-0.4, -0.2) is 74.0 Å². The second kappa shape index (κ2) is 12.0. The molecule has 0 atom stereocenters. The molecule has 2 aromatic carbocycles. The van der Waals surface area contributed by atoms with Crippen LogP contribution in [0.4, 0.5) is 5.69 Å². The third-order valence-electron chi connectivity index (χ3n) is 4.66. The van der Waals surface area contributed by atoms with Gasteiger partial charge < -0.3 is 15.0 Å². The molecule has 1 fully saturated rings. The van der Waals surface area contributed by atoms with Gasteiger partial charge in [-0.2, -0.15) is 25.2 Å². The highest BCUT2D eigenvalue weighted by Gasteiger charge is 2.17. The summed E-state index contributed by atoms with van der Waals surface area (Å²) in [5, 5.41) is 3.43. The van der Waals surface area contributed by atoms with Crippen LogP contribution in [0.15, 0.2) is 69.5 Å². The van der Waals surface area contributed by atoms with Crippen molar-refractivity contribution in [3.8, 4) is 0 Å². The van der Waals surface area contributed by atoms with Crippen molar-refractivity contribution in [3.63, 3.8) is 0 Å². The molecule has 0 aliphatic carbocycles. The molecule has 2 heterocycles. The van der Waals surface area contributed by atoms with Gasteiger partial charge in [-0.1, -0.05) is 35.9 Å². The average Bonchev–Trinajstić information content (AvgIpc) is 2.81. The highest BCUT2D eigenvalue weighted by molar-refractivity contribution is 8.00. The summed E-state index contributed by atoms with van der Waals surface area (Å²) < 4.78 is 35.0. The number of aryl methyl sites for hydroxylation is 1. The maximum Gasteiger partial charge on any atom is 0.294 e. The number of hydrogen-bond acceptors (Lipinski definition) is 6. The van der Waals surface area contributed by atoms with Crippen LogP contribution in [0.5, 0.6) is 0 Å². The van der Waals surface area contributed by atoms with Crippen LogP contribution in [0.1, 0.15) is 5.56 Å². The van der Waals surface area contributed by atoms with Crippen molar-refractivity contribution in [2.75, 3.05) is 49.7 Å². The van der Waals surface area contributed by atoms with E-state index in [1.54, 1.807) is 12.1 Å². The number of nitrogens with zero attached hydrogens (tertiary/aromatic N) is 3. The summed E-state index contributed by atoms with van der Waals surface area (Å²) in [4.78, 5) is 11.4. The van der Waals surface area contributed by atoms with Crippen LogP contribution in [-0.2, 0) is 14.9 Å². The van der Waals surface area contributed by atoms with Crippen molar-refractivity contribution in [2.45, 2.75) is 11.8 Å². The van der Waals surface area contributed by atoms with E-state index >= 15 is 0 Å². The number of morpholine rings is 1. The van der Waals surface area contributed by atoms with Gasteiger partial charge in [0.2, 0.25) is 5.96 Å². The lowest BCUT2D eigenvalue weighted by molar-refractivity contribution is 0.0681. The van der Waals surface area contributed by atoms with E-state index in [9.17, 15) is 8.42 Å². The molecule has 0 radical (unpaired) electrons. The van der Waals surface area contributed by atoms with Crippen LogP contribution in [0.2, 0.25) is 0 Å². The minimum Gasteiger partial charge on any atom is -0.378 e. The molecule has 172 valence electrons. The lowest BCUT2D eigenvalue weighted by Gasteiger charge is -2.30. The van der Waals surface area contributed by atoms with Crippen molar-refractivity contribution >= 4 is 39.4 Å². The smallest absolute Gasteiger partial charge is 0.294 e. The first-order chi connectivity index (χ1) is 15.4. The van der Waals surface area contributed by atoms with E-state index in [1.165, 1.54) is 12.1 Å². The van der Waals surface area contributed by atoms with E-state index in [4.69, 9.17) is 14.3 Å². The van der Waals surface area contributed by atoms with E-state index < -0.39 is 10.1 Å². The number of benzene rings is 2. The van der Waals surface area contributed by atoms with Gasteiger partial charge in [-0.05, 0) is 31.2 Å². The number of amidine groups is 1. The topological polar surface area (TPSA) is 104 Å². The largest absolute Gasteiger partial charge is 0.378 e. The zero-order chi connectivity index (χ0) is 22.8. The molecule has 2 aromatic rings. The number of thioether (sulfide) groups is 1. The summed E-state index contributed by atoms with van der Waals surface area (Å²) in [7, 11) is -4.02. The Morgan fingerprint density at radius 2 is 1.81 bits per heavy atom. The zero-order valence-corrected chi connectivity index (χ0v) is 19.6. The Morgan fingerprint density at radius 1 is 1.12 bits per heavy atom. The fourth-order valence-electron chi connectivity index (χ4n) is 2.95. The van der Waals surface area contributed by atoms with Gasteiger partial charge in [0.25, 0.3) is 10.1 Å². The van der Waals surface area contributed by atoms with Gasteiger partial charge in [-0.15, -0.1) is 0 Å². The molecule has 4 rings (SSSR count). The van der Waals surface area contributed by atoms with Gasteiger partial charge in [0.05, 0.1) is 30.4 Å². The average molecular weight is 477 g/mol. The first-order valence-electron chi connectivity index (χ1n) is 10.3. The number of hydrogen-bond donors (Lipinski definition) is 2. The summed E-state index contributed by atoms with van der Waals surface area (Å²) in [5.41, 5.74) is 2.00. The van der Waals surface area contributed by atoms with E-state index in [0.717, 1.165) is 67.4 Å². The summed E-state index contributed by atoms with van der Waals surface area (Å²) in [6.45, 7) is 5.92. The molecular weight excluding hydrogens is 448 g/mol. The Hall–Kier alpha value is -2.40. The SMILES string of the molecule is Cc1ccc(S(=O)(=O)O)cc1.c1ccc(NC(=NC2=NCCSC2)N2CCOCC2)cc1. The first kappa shape index (κ1) is 24.2. The molecule has 0 spiro atoms. The molecule has 1 saturated heterocycles. The summed E-state index contributed by atoms with van der Waals surface area (Å²) in [6.07, 6.45) is 0. The maximum atomic E-state index is 10.5. The minimum absolute atomic E-state index is 0.0666. The first-order valence-corrected chi connectivity index (χ1v) is 12.9. The fourth-order valence-corrected chi connectivity index (χ4v) is 4.14. The third-order valence-corrected chi connectivity index (χ3v) is 6.46. The second-order valence-corrected chi connectivity index (χ2v) is 9.69. The van der Waals surface area contributed by atoms with Gasteiger partial charge in [0, 0.05) is 24.5 Å². The molecule has 2 aliphatic heterocycles. The van der Waals surface area contributed by atoms with Crippen LogP contribution < -0.4 is 5.32 Å². The van der Waals surface area contributed by atoms with E-state index in [-0.39, 0.29) is 4.90 Å². The van der Waals surface area contributed by atoms with E-state index in [2.05, 4.69) is 15.2 Å². The van der Waals surface area contributed by atoms with Gasteiger partial charge in [0.1, 0.15) is 5.84 Å². The Balaban J connectivity index is 0.000000222. The van der Waals surface area contributed by atoms with Crippen LogP contribution in [0.3, 0.4) is 0 Å². The van der Waals surface area contributed by atoms with E-state index in [0.29, 0.717) is 0 Å². The van der Waals surface area contributed by atoms with Gasteiger partial charge >= 0.3 is 0 Å². The lowest BCUT2D eigenvalue weighted by atomic mass is 10.2. The highest BCUT2D eigenvalue weighted by atomic mass is 32.2. The van der Waals surface area contributed by atoms with Crippen LogP contribution >= 0.6 is 11.8 Å². The van der Waals surface area contributed by atoms with Crippen LogP contribution in [0, 0.1) is 6.92 Å². The molecule has 10 heteroatoms. The molecule has 2 aliphatic rings. The van der Waals surface area contributed by atoms with Crippen molar-refractivity contribution in [2.24, 2.45) is 9.98 Å². The monoisotopic (exact) mass is 476 g/mol. The highest BCUT2D eigenvalue weighted by Crippen LogP contribution is 2.12. The molecule has 2 N–H and O–H groups in total. The molecule has 0 unspecified atom stereocenters.